The molecule has 1 aliphatic carbocycles. The van der Waals surface area contributed by atoms with Gasteiger partial charge in [-0.15, -0.1) is 11.3 Å². The van der Waals surface area contributed by atoms with Crippen molar-refractivity contribution in [2.75, 3.05) is 23.9 Å². The van der Waals surface area contributed by atoms with E-state index in [1.807, 2.05) is 36.6 Å². The normalized spacial score (nSPS) is 14.3. The number of anilines is 2. The first-order valence-electron chi connectivity index (χ1n) is 11.0. The fraction of sp³-hybridized carbons (Fsp3) is 0.360. The average molecular weight is 436 g/mol. The van der Waals surface area contributed by atoms with Gasteiger partial charge in [-0.3, -0.25) is 4.90 Å². The second-order valence-electron chi connectivity index (χ2n) is 7.88. The van der Waals surface area contributed by atoms with Gasteiger partial charge in [0.1, 0.15) is 5.75 Å². The Balaban J connectivity index is 1.45. The summed E-state index contributed by atoms with van der Waals surface area (Å²) in [4.78, 5) is 19.2. The van der Waals surface area contributed by atoms with E-state index in [0.717, 1.165) is 22.7 Å². The summed E-state index contributed by atoms with van der Waals surface area (Å²) in [7, 11) is 1.62. The molecule has 0 radical (unpaired) electrons. The van der Waals surface area contributed by atoms with Crippen molar-refractivity contribution < 1.29 is 9.53 Å². The summed E-state index contributed by atoms with van der Waals surface area (Å²) in [5.41, 5.74) is 4.16. The minimum Gasteiger partial charge on any atom is -0.497 e. The van der Waals surface area contributed by atoms with E-state index in [1.165, 1.54) is 49.0 Å². The summed E-state index contributed by atoms with van der Waals surface area (Å²) in [6.45, 7) is 2.49. The van der Waals surface area contributed by atoms with Gasteiger partial charge in [-0.25, -0.2) is 9.78 Å². The molecular formula is C25H29N3O2S. The number of ether oxygens (including phenoxy) is 1. The van der Waals surface area contributed by atoms with Crippen LogP contribution in [0.5, 0.6) is 5.75 Å². The molecular weight excluding hydrogens is 406 g/mol. The second-order valence-corrected chi connectivity index (χ2v) is 8.71. The monoisotopic (exact) mass is 435 g/mol. The first-order chi connectivity index (χ1) is 15.2. The van der Waals surface area contributed by atoms with Crippen LogP contribution in [0.1, 0.15) is 50.5 Å². The minimum absolute atomic E-state index is 0.193. The Morgan fingerprint density at radius 3 is 2.45 bits per heavy atom. The van der Waals surface area contributed by atoms with Gasteiger partial charge in [0.15, 0.2) is 5.13 Å². The average Bonchev–Trinajstić information content (AvgIpc) is 3.30. The number of carbonyl (C=O) groups excluding carboxylic acids is 1. The van der Waals surface area contributed by atoms with Crippen molar-refractivity contribution in [2.24, 2.45) is 0 Å². The summed E-state index contributed by atoms with van der Waals surface area (Å²) >= 11 is 1.49. The highest BCUT2D eigenvalue weighted by Gasteiger charge is 2.19. The van der Waals surface area contributed by atoms with Crippen LogP contribution in [0.4, 0.5) is 15.6 Å². The van der Waals surface area contributed by atoms with E-state index in [9.17, 15) is 4.79 Å². The molecule has 3 aromatic rings. The molecule has 1 N–H and O–H groups in total. The van der Waals surface area contributed by atoms with Crippen LogP contribution in [0, 0.1) is 0 Å². The summed E-state index contributed by atoms with van der Waals surface area (Å²) in [5.74, 6) is 1.45. The molecule has 0 bridgehead atoms. The van der Waals surface area contributed by atoms with Gasteiger partial charge in [0, 0.05) is 23.2 Å². The standard InChI is InChI=1S/C25H29N3O2S/c1-3-28(24(29)26-21-13-15-22(30-2)16-14-21)25-27-23(17-31-25)20-11-9-19(10-12-20)18-7-5-4-6-8-18/h9-18H,3-8H2,1-2H3,(H,26,29). The minimum atomic E-state index is -0.193. The van der Waals surface area contributed by atoms with Crippen LogP contribution >= 0.6 is 11.3 Å². The lowest BCUT2D eigenvalue weighted by atomic mass is 9.84. The molecule has 0 spiro atoms. The van der Waals surface area contributed by atoms with Gasteiger partial charge in [0.2, 0.25) is 0 Å². The molecule has 4 rings (SSSR count). The van der Waals surface area contributed by atoms with Gasteiger partial charge in [-0.2, -0.15) is 0 Å². The van der Waals surface area contributed by atoms with Gasteiger partial charge >= 0.3 is 6.03 Å². The lowest BCUT2D eigenvalue weighted by Gasteiger charge is -2.22. The molecule has 1 heterocycles. The number of aromatic nitrogens is 1. The molecule has 1 fully saturated rings. The summed E-state index contributed by atoms with van der Waals surface area (Å²) in [5, 5.41) is 5.65. The zero-order valence-corrected chi connectivity index (χ0v) is 19.0. The molecule has 0 unspecified atom stereocenters. The van der Waals surface area contributed by atoms with E-state index in [-0.39, 0.29) is 6.03 Å². The zero-order valence-electron chi connectivity index (χ0n) is 18.1. The van der Waals surface area contributed by atoms with Crippen molar-refractivity contribution in [1.82, 2.24) is 4.98 Å². The maximum atomic E-state index is 12.8. The molecule has 1 saturated carbocycles. The van der Waals surface area contributed by atoms with Crippen LogP contribution in [0.25, 0.3) is 11.3 Å². The number of hydrogen-bond donors (Lipinski definition) is 1. The van der Waals surface area contributed by atoms with E-state index in [4.69, 9.17) is 9.72 Å². The number of rotatable bonds is 6. The highest BCUT2D eigenvalue weighted by Crippen LogP contribution is 2.34. The van der Waals surface area contributed by atoms with Crippen LogP contribution in [-0.4, -0.2) is 24.7 Å². The first-order valence-corrected chi connectivity index (χ1v) is 11.8. The van der Waals surface area contributed by atoms with E-state index in [2.05, 4.69) is 29.6 Å². The quantitative estimate of drug-likeness (QED) is 0.457. The van der Waals surface area contributed by atoms with Crippen LogP contribution in [0.3, 0.4) is 0 Å². The third kappa shape index (κ3) is 5.07. The molecule has 6 heteroatoms. The fourth-order valence-corrected chi connectivity index (χ4v) is 5.01. The molecule has 2 aromatic carbocycles. The molecule has 162 valence electrons. The van der Waals surface area contributed by atoms with Crippen molar-refractivity contribution >= 4 is 28.2 Å². The molecule has 0 atom stereocenters. The van der Waals surface area contributed by atoms with Crippen molar-refractivity contribution in [2.45, 2.75) is 44.9 Å². The molecule has 1 aromatic heterocycles. The number of hydrogen-bond acceptors (Lipinski definition) is 4. The summed E-state index contributed by atoms with van der Waals surface area (Å²) < 4.78 is 5.17. The number of urea groups is 1. The summed E-state index contributed by atoms with van der Waals surface area (Å²) in [6, 6.07) is 15.9. The van der Waals surface area contributed by atoms with Gasteiger partial charge in [0.05, 0.1) is 12.8 Å². The number of thiazole rings is 1. The fourth-order valence-electron chi connectivity index (χ4n) is 4.11. The number of amides is 2. The number of benzene rings is 2. The van der Waals surface area contributed by atoms with Crippen LogP contribution in [0.15, 0.2) is 53.9 Å². The maximum absolute atomic E-state index is 12.8. The van der Waals surface area contributed by atoms with E-state index < -0.39 is 0 Å². The predicted octanol–water partition coefficient (Wildman–Crippen LogP) is 6.92. The lowest BCUT2D eigenvalue weighted by molar-refractivity contribution is 0.257. The molecule has 2 amide bonds. The number of methoxy groups -OCH3 is 1. The zero-order chi connectivity index (χ0) is 21.6. The highest BCUT2D eigenvalue weighted by molar-refractivity contribution is 7.14. The second kappa shape index (κ2) is 9.96. The molecule has 1 aliphatic rings. The van der Waals surface area contributed by atoms with E-state index in [1.54, 1.807) is 12.0 Å². The molecule has 0 saturated heterocycles. The van der Waals surface area contributed by atoms with E-state index in [0.29, 0.717) is 17.6 Å². The Morgan fingerprint density at radius 1 is 1.10 bits per heavy atom. The number of carbonyl (C=O) groups is 1. The Morgan fingerprint density at radius 2 is 1.81 bits per heavy atom. The molecule has 5 nitrogen and oxygen atoms in total. The Labute approximate surface area is 188 Å². The van der Waals surface area contributed by atoms with Gasteiger partial charge in [-0.05, 0) is 55.5 Å². The Bertz CT molecular complexity index is 992. The third-order valence-corrected chi connectivity index (χ3v) is 6.77. The smallest absolute Gasteiger partial charge is 0.328 e. The number of nitrogens with one attached hydrogen (secondary N) is 1. The van der Waals surface area contributed by atoms with Crippen LogP contribution in [-0.2, 0) is 0 Å². The van der Waals surface area contributed by atoms with Crippen molar-refractivity contribution in [3.05, 3.63) is 59.5 Å². The van der Waals surface area contributed by atoms with Gasteiger partial charge in [-0.1, -0.05) is 43.5 Å². The SMILES string of the molecule is CCN(C(=O)Nc1ccc(OC)cc1)c1nc(-c2ccc(C3CCCCC3)cc2)cs1. The predicted molar refractivity (Wildman–Crippen MR) is 128 cm³/mol. The van der Waals surface area contributed by atoms with Gasteiger partial charge in [0.25, 0.3) is 0 Å². The maximum Gasteiger partial charge on any atom is 0.328 e. The molecule has 0 aliphatic heterocycles. The van der Waals surface area contributed by atoms with Crippen molar-refractivity contribution in [3.8, 4) is 17.0 Å². The third-order valence-electron chi connectivity index (χ3n) is 5.91. The Hall–Kier alpha value is -2.86. The van der Waals surface area contributed by atoms with E-state index >= 15 is 0 Å². The molecule has 31 heavy (non-hydrogen) atoms. The first kappa shape index (κ1) is 21.4. The van der Waals surface area contributed by atoms with Crippen molar-refractivity contribution in [1.29, 1.82) is 0 Å². The highest BCUT2D eigenvalue weighted by atomic mass is 32.1. The van der Waals surface area contributed by atoms with Gasteiger partial charge < -0.3 is 10.1 Å². The van der Waals surface area contributed by atoms with Crippen LogP contribution in [0.2, 0.25) is 0 Å². The Kier molecular flexibility index (Phi) is 6.87. The number of nitrogens with zero attached hydrogens (tertiary/aromatic N) is 2. The van der Waals surface area contributed by atoms with Crippen LogP contribution < -0.4 is 15.0 Å². The largest absolute Gasteiger partial charge is 0.497 e. The summed E-state index contributed by atoms with van der Waals surface area (Å²) in [6.07, 6.45) is 6.65. The topological polar surface area (TPSA) is 54.5 Å². The van der Waals surface area contributed by atoms with Crippen molar-refractivity contribution in [3.63, 3.8) is 0 Å². The lowest BCUT2D eigenvalue weighted by Crippen LogP contribution is -2.34.